The van der Waals surface area contributed by atoms with Crippen LogP contribution in [0.1, 0.15) is 12.2 Å². The predicted molar refractivity (Wildman–Crippen MR) is 117 cm³/mol. The number of nitrogens with one attached hydrogen (secondary N) is 1. The molecule has 1 N–H and O–H groups in total. The average molecular weight is 434 g/mol. The number of carbonyl (C=O) groups is 2. The maximum absolute atomic E-state index is 13.0. The zero-order chi connectivity index (χ0) is 22.2. The van der Waals surface area contributed by atoms with E-state index in [4.69, 9.17) is 9.47 Å². The number of nitrogens with zero attached hydrogens (tertiary/aromatic N) is 3. The molecule has 0 saturated carbocycles. The number of hydrogen-bond donors (Lipinski definition) is 1. The third-order valence-electron chi connectivity index (χ3n) is 5.74. The van der Waals surface area contributed by atoms with Gasteiger partial charge in [-0.3, -0.25) is 14.4 Å². The molecule has 32 heavy (non-hydrogen) atoms. The van der Waals surface area contributed by atoms with Gasteiger partial charge < -0.3 is 24.3 Å². The molecule has 1 atom stereocenters. The minimum absolute atomic E-state index is 0.120. The van der Waals surface area contributed by atoms with Gasteiger partial charge in [0.05, 0.1) is 23.4 Å². The van der Waals surface area contributed by atoms with Gasteiger partial charge in [0.2, 0.25) is 11.8 Å². The lowest BCUT2D eigenvalue weighted by Crippen LogP contribution is -2.35. The van der Waals surface area contributed by atoms with Crippen LogP contribution in [0.4, 0.5) is 5.69 Å². The fourth-order valence-corrected chi connectivity index (χ4v) is 4.15. The summed E-state index contributed by atoms with van der Waals surface area (Å²) in [4.78, 5) is 48.3. The van der Waals surface area contributed by atoms with Gasteiger partial charge in [-0.1, -0.05) is 12.1 Å². The number of rotatable bonds is 4. The zero-order valence-corrected chi connectivity index (χ0v) is 17.5. The number of benzene rings is 2. The van der Waals surface area contributed by atoms with Crippen molar-refractivity contribution in [3.63, 3.8) is 0 Å². The summed E-state index contributed by atoms with van der Waals surface area (Å²) >= 11 is 0. The minimum Gasteiger partial charge on any atom is -0.486 e. The summed E-state index contributed by atoms with van der Waals surface area (Å²) in [7, 11) is 1.65. The highest BCUT2D eigenvalue weighted by Gasteiger charge is 2.37. The van der Waals surface area contributed by atoms with E-state index in [0.717, 1.165) is 0 Å². The van der Waals surface area contributed by atoms with Crippen molar-refractivity contribution in [1.29, 1.82) is 0 Å². The largest absolute Gasteiger partial charge is 0.486 e. The van der Waals surface area contributed by atoms with Crippen molar-refractivity contribution in [2.45, 2.75) is 13.0 Å². The van der Waals surface area contributed by atoms with Crippen LogP contribution in [-0.4, -0.2) is 53.5 Å². The second-order valence-corrected chi connectivity index (χ2v) is 7.96. The quantitative estimate of drug-likeness (QED) is 0.670. The molecule has 3 aromatic rings. The van der Waals surface area contributed by atoms with Gasteiger partial charge in [-0.25, -0.2) is 4.98 Å². The Hall–Kier alpha value is -3.88. The van der Waals surface area contributed by atoms with Crippen LogP contribution in [0.25, 0.3) is 10.9 Å². The van der Waals surface area contributed by atoms with Gasteiger partial charge in [-0.2, -0.15) is 0 Å². The second kappa shape index (κ2) is 7.99. The van der Waals surface area contributed by atoms with Gasteiger partial charge in [-0.05, 0) is 24.3 Å². The van der Waals surface area contributed by atoms with Crippen LogP contribution >= 0.6 is 0 Å². The van der Waals surface area contributed by atoms with E-state index in [2.05, 4.69) is 9.97 Å². The van der Waals surface area contributed by atoms with Crippen molar-refractivity contribution < 1.29 is 19.1 Å². The first-order chi connectivity index (χ1) is 15.5. The van der Waals surface area contributed by atoms with E-state index < -0.39 is 5.92 Å². The van der Waals surface area contributed by atoms with E-state index >= 15 is 0 Å². The van der Waals surface area contributed by atoms with Crippen molar-refractivity contribution in [2.24, 2.45) is 5.92 Å². The Kier molecular flexibility index (Phi) is 5.01. The molecule has 0 spiro atoms. The van der Waals surface area contributed by atoms with Crippen LogP contribution in [0.2, 0.25) is 0 Å². The number of aromatic amines is 1. The van der Waals surface area contributed by atoms with E-state index in [0.29, 0.717) is 47.1 Å². The first-order valence-corrected chi connectivity index (χ1v) is 10.4. The smallest absolute Gasteiger partial charge is 0.258 e. The Morgan fingerprint density at radius 1 is 1.16 bits per heavy atom. The molecule has 3 heterocycles. The van der Waals surface area contributed by atoms with Crippen LogP contribution in [0, 0.1) is 5.92 Å². The van der Waals surface area contributed by atoms with Crippen molar-refractivity contribution in [2.75, 3.05) is 31.7 Å². The van der Waals surface area contributed by atoms with Crippen molar-refractivity contribution in [1.82, 2.24) is 14.9 Å². The molecule has 164 valence electrons. The Balaban J connectivity index is 1.30. The van der Waals surface area contributed by atoms with Gasteiger partial charge >= 0.3 is 0 Å². The summed E-state index contributed by atoms with van der Waals surface area (Å²) < 4.78 is 11.1. The van der Waals surface area contributed by atoms with Crippen LogP contribution in [-0.2, 0) is 16.1 Å². The van der Waals surface area contributed by atoms with Crippen molar-refractivity contribution in [3.05, 3.63) is 58.6 Å². The Labute approximate surface area is 183 Å². The molecule has 2 aliphatic heterocycles. The summed E-state index contributed by atoms with van der Waals surface area (Å²) in [5.41, 5.74) is 1.01. The van der Waals surface area contributed by atoms with E-state index in [1.807, 2.05) is 6.07 Å². The molecule has 1 fully saturated rings. The number of H-pyrrole nitrogens is 1. The molecule has 0 unspecified atom stereocenters. The van der Waals surface area contributed by atoms with Crippen molar-refractivity contribution >= 4 is 28.4 Å². The molecule has 1 saturated heterocycles. The van der Waals surface area contributed by atoms with Crippen LogP contribution < -0.4 is 19.9 Å². The summed E-state index contributed by atoms with van der Waals surface area (Å²) in [6, 6.07) is 12.4. The average Bonchev–Trinajstić information content (AvgIpc) is 3.19. The lowest BCUT2D eigenvalue weighted by Gasteiger charge is -2.23. The highest BCUT2D eigenvalue weighted by molar-refractivity contribution is 6.00. The Morgan fingerprint density at radius 3 is 2.78 bits per heavy atom. The van der Waals surface area contributed by atoms with Gasteiger partial charge in [0.1, 0.15) is 19.0 Å². The third-order valence-corrected chi connectivity index (χ3v) is 5.74. The van der Waals surface area contributed by atoms with Crippen LogP contribution in [0.15, 0.2) is 47.3 Å². The number of fused-ring (bicyclic) bond motifs is 2. The van der Waals surface area contributed by atoms with E-state index in [1.165, 1.54) is 4.90 Å². The molecule has 2 aromatic carbocycles. The second-order valence-electron chi connectivity index (χ2n) is 7.96. The number of amides is 2. The van der Waals surface area contributed by atoms with Gasteiger partial charge in [0.25, 0.3) is 5.56 Å². The van der Waals surface area contributed by atoms with Gasteiger partial charge in [0.15, 0.2) is 11.5 Å². The van der Waals surface area contributed by atoms with Crippen LogP contribution in [0.5, 0.6) is 11.5 Å². The zero-order valence-electron chi connectivity index (χ0n) is 17.5. The summed E-state index contributed by atoms with van der Waals surface area (Å²) in [5, 5.41) is 0.502. The number of hydrogen-bond acceptors (Lipinski definition) is 6. The number of anilines is 1. The van der Waals surface area contributed by atoms with Gasteiger partial charge in [-0.15, -0.1) is 0 Å². The fourth-order valence-electron chi connectivity index (χ4n) is 4.15. The molecule has 2 aliphatic rings. The van der Waals surface area contributed by atoms with Gasteiger partial charge in [0, 0.05) is 31.8 Å². The summed E-state index contributed by atoms with van der Waals surface area (Å²) in [6.07, 6.45) is 0.124. The normalized spacial score (nSPS) is 17.6. The first kappa shape index (κ1) is 20.0. The summed E-state index contributed by atoms with van der Waals surface area (Å²) in [6.45, 7) is 1.38. The molecule has 9 nitrogen and oxygen atoms in total. The van der Waals surface area contributed by atoms with E-state index in [-0.39, 0.29) is 36.9 Å². The lowest BCUT2D eigenvalue weighted by molar-refractivity contribution is -0.135. The van der Waals surface area contributed by atoms with Crippen LogP contribution in [0.3, 0.4) is 0 Å². The molecule has 0 radical (unpaired) electrons. The molecular weight excluding hydrogens is 412 g/mol. The molecule has 2 amide bonds. The van der Waals surface area contributed by atoms with E-state index in [1.54, 1.807) is 48.3 Å². The monoisotopic (exact) mass is 434 g/mol. The number of carbonyl (C=O) groups excluding carboxylic acids is 2. The Morgan fingerprint density at radius 2 is 1.94 bits per heavy atom. The Bertz CT molecular complexity index is 1270. The fraction of sp³-hybridized carbons (Fsp3) is 0.304. The van der Waals surface area contributed by atoms with Crippen molar-refractivity contribution in [3.8, 4) is 11.5 Å². The molecule has 0 bridgehead atoms. The highest BCUT2D eigenvalue weighted by Crippen LogP contribution is 2.36. The third kappa shape index (κ3) is 3.66. The summed E-state index contributed by atoms with van der Waals surface area (Å²) in [5.74, 6) is 0.876. The first-order valence-electron chi connectivity index (χ1n) is 10.4. The minimum atomic E-state index is -0.479. The molecule has 0 aliphatic carbocycles. The number of aromatic nitrogens is 2. The lowest BCUT2D eigenvalue weighted by atomic mass is 10.1. The number of para-hydroxylation sites is 1. The number of ether oxygens (including phenoxy) is 2. The molecular formula is C23H22N4O5. The molecule has 9 heteroatoms. The topological polar surface area (TPSA) is 105 Å². The standard InChI is InChI=1S/C23H22N4O5/c1-26(13-20-24-17-5-3-2-4-16(17)22(29)25-20)23(30)14-10-21(28)27(12-14)15-6-7-18-19(11-15)32-9-8-31-18/h2-7,11,14H,8-10,12-13H2,1H3,(H,24,25,29)/t14-/m0/s1. The maximum atomic E-state index is 13.0. The molecule has 1 aromatic heterocycles. The SMILES string of the molecule is CN(Cc1nc2ccccc2c(=O)[nH]1)C(=O)[C@H]1CC(=O)N(c2ccc3c(c2)OCCO3)C1. The maximum Gasteiger partial charge on any atom is 0.258 e. The highest BCUT2D eigenvalue weighted by atomic mass is 16.6. The molecule has 5 rings (SSSR count). The van der Waals surface area contributed by atoms with E-state index in [9.17, 15) is 14.4 Å². The predicted octanol–water partition coefficient (Wildman–Crippen LogP) is 1.71.